The number of carboxylic acids is 1. The zero-order chi connectivity index (χ0) is 26.3. The number of nitrogens with one attached hydrogen (secondary N) is 3. The first-order valence-corrected chi connectivity index (χ1v) is 13.2. The molecule has 0 aromatic carbocycles. The van der Waals surface area contributed by atoms with E-state index < -0.39 is 24.0 Å². The van der Waals surface area contributed by atoms with E-state index in [1.165, 1.54) is 70.4 Å². The van der Waals surface area contributed by atoms with Crippen LogP contribution in [0.5, 0.6) is 0 Å². The summed E-state index contributed by atoms with van der Waals surface area (Å²) in [4.78, 5) is 34.6. The van der Waals surface area contributed by atoms with Gasteiger partial charge in [-0.25, -0.2) is 10.3 Å². The Morgan fingerprint density at radius 1 is 0.943 bits per heavy atom. The van der Waals surface area contributed by atoms with Crippen LogP contribution in [0.4, 0.5) is 0 Å². The molecule has 0 aliphatic heterocycles. The average Bonchev–Trinajstić information content (AvgIpc) is 2.82. The van der Waals surface area contributed by atoms with Crippen LogP contribution < -0.4 is 22.1 Å². The van der Waals surface area contributed by atoms with Gasteiger partial charge in [-0.3, -0.25) is 9.59 Å². The number of unbranched alkanes of at least 4 members (excludes halogenated alkanes) is 12. The molecule has 0 saturated heterocycles. The van der Waals surface area contributed by atoms with Gasteiger partial charge in [-0.15, -0.1) is 0 Å². The van der Waals surface area contributed by atoms with Gasteiger partial charge >= 0.3 is 5.97 Å². The van der Waals surface area contributed by atoms with Crippen LogP contribution in [0.2, 0.25) is 0 Å². The normalized spacial score (nSPS) is 13.1. The fourth-order valence-electron chi connectivity index (χ4n) is 3.71. The number of carboxylic acid groups (broad SMARTS) is 1. The molecule has 2 amide bonds. The second kappa shape index (κ2) is 22.0. The monoisotopic (exact) mass is 496 g/mol. The van der Waals surface area contributed by atoms with Gasteiger partial charge in [-0.05, 0) is 12.8 Å². The fraction of sp³-hybridized carbons (Fsp3) is 0.800. The lowest BCUT2D eigenvalue weighted by molar-refractivity contribution is -0.142. The van der Waals surface area contributed by atoms with Crippen LogP contribution in [-0.4, -0.2) is 41.5 Å². The summed E-state index contributed by atoms with van der Waals surface area (Å²) in [5.41, 5.74) is 17.9. The molecule has 0 spiro atoms. The lowest BCUT2D eigenvalue weighted by atomic mass is 10.0. The third-order valence-electron chi connectivity index (χ3n) is 5.92. The van der Waals surface area contributed by atoms with Gasteiger partial charge in [0.15, 0.2) is 0 Å². The molecule has 2 atom stereocenters. The molecule has 0 unspecified atom stereocenters. The molecule has 0 rings (SSSR count). The van der Waals surface area contributed by atoms with Crippen molar-refractivity contribution in [2.45, 2.75) is 122 Å². The van der Waals surface area contributed by atoms with Crippen molar-refractivity contribution in [3.8, 4) is 0 Å². The molecule has 0 bridgehead atoms. The second-order valence-electron chi connectivity index (χ2n) is 9.15. The standard InChI is InChI=1S/C25H48N6O4/c1-2-3-4-5-6-7-8-9-10-11-12-13-14-15-23(32)30-22(25(34)35)16-17-29-19-20(31-28)18-21(26)24(27)33/h19,21-22,28-29H,2-18,26H2,1H3,(H2,27,33)(H,30,32)(H,34,35)/b20-19-,31-28?/t21-,22-/m0/s1. The number of carbonyl (C=O) groups excluding carboxylic acids is 2. The molecular weight excluding hydrogens is 448 g/mol. The molecule has 0 heterocycles. The maximum Gasteiger partial charge on any atom is 0.326 e. The number of nitrogens with two attached hydrogens (primary N) is 2. The molecule has 0 fully saturated rings. The van der Waals surface area contributed by atoms with Gasteiger partial charge in [-0.2, -0.15) is 5.11 Å². The number of amides is 2. The molecule has 8 N–H and O–H groups in total. The van der Waals surface area contributed by atoms with Crippen molar-refractivity contribution in [2.75, 3.05) is 6.54 Å². The number of hydrogen-bond donors (Lipinski definition) is 6. The minimum atomic E-state index is -1.10. The van der Waals surface area contributed by atoms with E-state index in [1.807, 2.05) is 0 Å². The summed E-state index contributed by atoms with van der Waals surface area (Å²) in [5.74, 6) is -2.06. The maximum absolute atomic E-state index is 12.1. The highest BCUT2D eigenvalue weighted by molar-refractivity contribution is 5.83. The first-order valence-electron chi connectivity index (χ1n) is 13.2. The number of carbonyl (C=O) groups is 3. The first kappa shape index (κ1) is 32.5. The molecule has 10 nitrogen and oxygen atoms in total. The minimum absolute atomic E-state index is 0.00402. The molecule has 0 aromatic heterocycles. The molecule has 10 heteroatoms. The van der Waals surface area contributed by atoms with E-state index in [2.05, 4.69) is 22.7 Å². The number of nitrogens with zero attached hydrogens (tertiary/aromatic N) is 1. The Morgan fingerprint density at radius 2 is 1.46 bits per heavy atom. The molecule has 35 heavy (non-hydrogen) atoms. The van der Waals surface area contributed by atoms with Gasteiger partial charge in [0.25, 0.3) is 0 Å². The molecule has 0 aliphatic rings. The van der Waals surface area contributed by atoms with Crippen LogP contribution in [0.25, 0.3) is 0 Å². The molecule has 0 radical (unpaired) electrons. The quantitative estimate of drug-likeness (QED) is 0.0863. The smallest absolute Gasteiger partial charge is 0.326 e. The van der Waals surface area contributed by atoms with E-state index in [9.17, 15) is 19.5 Å². The number of hydrogen-bond acceptors (Lipinski definition) is 7. The maximum atomic E-state index is 12.1. The highest BCUT2D eigenvalue weighted by Gasteiger charge is 2.19. The Kier molecular flexibility index (Phi) is 20.4. The Bertz CT molecular complexity index is 641. The third-order valence-corrected chi connectivity index (χ3v) is 5.92. The van der Waals surface area contributed by atoms with Crippen LogP contribution in [0, 0.1) is 5.53 Å². The number of rotatable bonds is 24. The van der Waals surface area contributed by atoms with E-state index >= 15 is 0 Å². The Hall–Kier alpha value is -2.49. The van der Waals surface area contributed by atoms with Gasteiger partial charge in [0.2, 0.25) is 11.8 Å². The summed E-state index contributed by atoms with van der Waals surface area (Å²) in [6, 6.07) is -1.96. The van der Waals surface area contributed by atoms with E-state index in [1.54, 1.807) is 0 Å². The summed E-state index contributed by atoms with van der Waals surface area (Å²) >= 11 is 0. The van der Waals surface area contributed by atoms with Crippen LogP contribution in [0.1, 0.15) is 110 Å². The van der Waals surface area contributed by atoms with Gasteiger partial charge < -0.3 is 27.2 Å². The third kappa shape index (κ3) is 19.5. The van der Waals surface area contributed by atoms with E-state index in [0.29, 0.717) is 6.42 Å². The molecule has 0 aromatic rings. The van der Waals surface area contributed by atoms with E-state index in [4.69, 9.17) is 17.0 Å². The van der Waals surface area contributed by atoms with Gasteiger partial charge in [0.1, 0.15) is 6.04 Å². The predicted octanol–water partition coefficient (Wildman–Crippen LogP) is 4.09. The van der Waals surface area contributed by atoms with Gasteiger partial charge in [-0.1, -0.05) is 84.0 Å². The Morgan fingerprint density at radius 3 is 1.91 bits per heavy atom. The molecular formula is C25H48N6O4. The van der Waals surface area contributed by atoms with Crippen LogP contribution in [0.3, 0.4) is 0 Å². The SMILES string of the molecule is CCCCCCCCCCCCCCCC(=O)N[C@@H](CCN/C=C(/C[C@H](N)C(N)=O)N=N)C(=O)O. The number of primary amides is 1. The summed E-state index contributed by atoms with van der Waals surface area (Å²) in [6.07, 6.45) is 17.8. The first-order chi connectivity index (χ1) is 16.8. The molecule has 0 aliphatic carbocycles. The summed E-state index contributed by atoms with van der Waals surface area (Å²) in [5, 5.41) is 18.0. The fourth-order valence-corrected chi connectivity index (χ4v) is 3.71. The highest BCUT2D eigenvalue weighted by atomic mass is 16.4. The van der Waals surface area contributed by atoms with Crippen molar-refractivity contribution < 1.29 is 19.5 Å². The average molecular weight is 497 g/mol. The van der Waals surface area contributed by atoms with Crippen molar-refractivity contribution in [1.29, 1.82) is 5.53 Å². The summed E-state index contributed by atoms with van der Waals surface area (Å²) in [7, 11) is 0. The van der Waals surface area contributed by atoms with Gasteiger partial charge in [0.05, 0.1) is 11.7 Å². The second-order valence-corrected chi connectivity index (χ2v) is 9.15. The Balaban J connectivity index is 3.93. The minimum Gasteiger partial charge on any atom is -0.480 e. The summed E-state index contributed by atoms with van der Waals surface area (Å²) < 4.78 is 0. The zero-order valence-electron chi connectivity index (χ0n) is 21.5. The lowest BCUT2D eigenvalue weighted by Gasteiger charge is -2.15. The largest absolute Gasteiger partial charge is 0.480 e. The topological polar surface area (TPSA) is 184 Å². The van der Waals surface area contributed by atoms with Crippen molar-refractivity contribution in [3.05, 3.63) is 11.9 Å². The van der Waals surface area contributed by atoms with E-state index in [-0.39, 0.29) is 31.0 Å². The Labute approximate surface area is 210 Å². The van der Waals surface area contributed by atoms with Crippen LogP contribution >= 0.6 is 0 Å². The number of aliphatic carboxylic acids is 1. The van der Waals surface area contributed by atoms with Crippen molar-refractivity contribution in [1.82, 2.24) is 10.6 Å². The van der Waals surface area contributed by atoms with Crippen molar-refractivity contribution in [3.63, 3.8) is 0 Å². The van der Waals surface area contributed by atoms with Crippen molar-refractivity contribution >= 4 is 17.8 Å². The molecule has 202 valence electrons. The van der Waals surface area contributed by atoms with Crippen molar-refractivity contribution in [2.24, 2.45) is 16.6 Å². The van der Waals surface area contributed by atoms with E-state index in [0.717, 1.165) is 19.3 Å². The molecule has 0 saturated carbocycles. The van der Waals surface area contributed by atoms with Crippen LogP contribution in [0.15, 0.2) is 17.0 Å². The predicted molar refractivity (Wildman–Crippen MR) is 138 cm³/mol. The van der Waals surface area contributed by atoms with Gasteiger partial charge in [0, 0.05) is 25.6 Å². The summed E-state index contributed by atoms with van der Waals surface area (Å²) in [6.45, 7) is 2.48. The lowest BCUT2D eigenvalue weighted by Crippen LogP contribution is -2.42. The van der Waals surface area contributed by atoms with Crippen LogP contribution in [-0.2, 0) is 14.4 Å². The zero-order valence-corrected chi connectivity index (χ0v) is 21.5. The highest BCUT2D eigenvalue weighted by Crippen LogP contribution is 2.13.